The summed E-state index contributed by atoms with van der Waals surface area (Å²) in [5.41, 5.74) is 1.65. The monoisotopic (exact) mass is 237 g/mol. The smallest absolute Gasteiger partial charge is 0.0534 e. The Bertz CT molecular complexity index is 322. The predicted octanol–water partition coefficient (Wildman–Crippen LogP) is 3.06. The Hall–Kier alpha value is -0.830. The van der Waals surface area contributed by atoms with Crippen LogP contribution in [-0.2, 0) is 13.1 Å². The van der Waals surface area contributed by atoms with Gasteiger partial charge in [0, 0.05) is 24.8 Å². The van der Waals surface area contributed by atoms with Crippen molar-refractivity contribution in [3.63, 3.8) is 0 Å². The molecule has 0 spiro atoms. The Balaban J connectivity index is 2.30. The molecule has 0 aromatic carbocycles. The van der Waals surface area contributed by atoms with Crippen molar-refractivity contribution in [2.24, 2.45) is 11.3 Å². The second-order valence-electron chi connectivity index (χ2n) is 6.01. The van der Waals surface area contributed by atoms with E-state index in [2.05, 4.69) is 51.2 Å². The van der Waals surface area contributed by atoms with Crippen molar-refractivity contribution in [1.82, 2.24) is 15.1 Å². The van der Waals surface area contributed by atoms with Crippen LogP contribution in [0.25, 0.3) is 0 Å². The van der Waals surface area contributed by atoms with Gasteiger partial charge in [-0.1, -0.05) is 34.6 Å². The Morgan fingerprint density at radius 3 is 2.71 bits per heavy atom. The van der Waals surface area contributed by atoms with Gasteiger partial charge in [-0.3, -0.25) is 4.68 Å². The fraction of sp³-hybridized carbons (Fsp3) is 0.786. The lowest BCUT2D eigenvalue weighted by atomic mass is 9.82. The Morgan fingerprint density at radius 1 is 1.41 bits per heavy atom. The number of hydrogen-bond donors (Lipinski definition) is 1. The lowest BCUT2D eigenvalue weighted by Gasteiger charge is -2.27. The molecule has 0 fully saturated rings. The minimum absolute atomic E-state index is 0.374. The summed E-state index contributed by atoms with van der Waals surface area (Å²) in [5.74, 6) is 0.674. The first-order valence-electron chi connectivity index (χ1n) is 6.65. The van der Waals surface area contributed by atoms with Gasteiger partial charge in [0.2, 0.25) is 0 Å². The normalized spacial score (nSPS) is 13.9. The van der Waals surface area contributed by atoms with Crippen LogP contribution < -0.4 is 5.32 Å². The number of nitrogens with one attached hydrogen (secondary N) is 1. The van der Waals surface area contributed by atoms with Gasteiger partial charge in [-0.25, -0.2) is 0 Å². The average Bonchev–Trinajstić information content (AvgIpc) is 2.65. The molecule has 0 saturated carbocycles. The molecule has 98 valence electrons. The maximum absolute atomic E-state index is 4.33. The van der Waals surface area contributed by atoms with Gasteiger partial charge >= 0.3 is 0 Å². The third-order valence-electron chi connectivity index (χ3n) is 3.40. The maximum Gasteiger partial charge on any atom is 0.0534 e. The summed E-state index contributed by atoms with van der Waals surface area (Å²) >= 11 is 0. The topological polar surface area (TPSA) is 29.9 Å². The van der Waals surface area contributed by atoms with Crippen LogP contribution in [0.4, 0.5) is 0 Å². The molecule has 0 bridgehead atoms. The highest BCUT2D eigenvalue weighted by Gasteiger charge is 2.19. The second kappa shape index (κ2) is 6.20. The molecule has 1 N–H and O–H groups in total. The van der Waals surface area contributed by atoms with Crippen LogP contribution in [0.2, 0.25) is 0 Å². The minimum atomic E-state index is 0.374. The third kappa shape index (κ3) is 4.90. The second-order valence-corrected chi connectivity index (χ2v) is 6.01. The van der Waals surface area contributed by atoms with E-state index in [0.717, 1.165) is 26.1 Å². The minimum Gasteiger partial charge on any atom is -0.312 e. The van der Waals surface area contributed by atoms with Crippen molar-refractivity contribution in [3.8, 4) is 0 Å². The maximum atomic E-state index is 4.33. The molecule has 1 heterocycles. The van der Waals surface area contributed by atoms with E-state index in [1.165, 1.54) is 5.56 Å². The van der Waals surface area contributed by atoms with Gasteiger partial charge in [0.15, 0.2) is 0 Å². The van der Waals surface area contributed by atoms with Gasteiger partial charge in [-0.05, 0) is 24.3 Å². The van der Waals surface area contributed by atoms with Crippen molar-refractivity contribution in [1.29, 1.82) is 0 Å². The molecular formula is C14H27N3. The fourth-order valence-corrected chi connectivity index (χ4v) is 1.59. The van der Waals surface area contributed by atoms with Crippen molar-refractivity contribution >= 4 is 0 Å². The van der Waals surface area contributed by atoms with E-state index in [9.17, 15) is 0 Å². The summed E-state index contributed by atoms with van der Waals surface area (Å²) in [6.07, 6.45) is 5.23. The van der Waals surface area contributed by atoms with Crippen LogP contribution >= 0.6 is 0 Å². The highest BCUT2D eigenvalue weighted by atomic mass is 15.3. The summed E-state index contributed by atoms with van der Waals surface area (Å²) in [7, 11) is 0. The average molecular weight is 237 g/mol. The Kier molecular flexibility index (Phi) is 5.19. The van der Waals surface area contributed by atoms with Crippen LogP contribution in [0.15, 0.2) is 12.4 Å². The molecule has 0 aliphatic rings. The standard InChI is InChI=1S/C14H27N3/c1-6-7-17-11-13(10-16-17)9-15-8-12(2)14(3,4)5/h10-12,15H,6-9H2,1-5H3. The molecule has 3 heteroatoms. The van der Waals surface area contributed by atoms with E-state index in [1.54, 1.807) is 0 Å². The van der Waals surface area contributed by atoms with Crippen LogP contribution in [-0.4, -0.2) is 16.3 Å². The van der Waals surface area contributed by atoms with Crippen molar-refractivity contribution < 1.29 is 0 Å². The highest BCUT2D eigenvalue weighted by molar-refractivity contribution is 5.03. The summed E-state index contributed by atoms with van der Waals surface area (Å²) in [6.45, 7) is 14.3. The van der Waals surface area contributed by atoms with Gasteiger partial charge in [-0.15, -0.1) is 0 Å². The molecular weight excluding hydrogens is 210 g/mol. The Labute approximate surface area is 106 Å². The molecule has 17 heavy (non-hydrogen) atoms. The van der Waals surface area contributed by atoms with Gasteiger partial charge in [-0.2, -0.15) is 5.10 Å². The van der Waals surface area contributed by atoms with Crippen molar-refractivity contribution in [3.05, 3.63) is 18.0 Å². The summed E-state index contributed by atoms with van der Waals surface area (Å²) in [4.78, 5) is 0. The van der Waals surface area contributed by atoms with Crippen molar-refractivity contribution in [2.45, 2.75) is 54.1 Å². The number of nitrogens with zero attached hydrogens (tertiary/aromatic N) is 2. The summed E-state index contributed by atoms with van der Waals surface area (Å²) in [6, 6.07) is 0. The molecule has 3 nitrogen and oxygen atoms in total. The van der Waals surface area contributed by atoms with E-state index >= 15 is 0 Å². The van der Waals surface area contributed by atoms with E-state index in [4.69, 9.17) is 0 Å². The van der Waals surface area contributed by atoms with Crippen molar-refractivity contribution in [2.75, 3.05) is 6.54 Å². The predicted molar refractivity (Wildman–Crippen MR) is 72.8 cm³/mol. The first-order valence-corrected chi connectivity index (χ1v) is 6.65. The molecule has 1 aromatic heterocycles. The zero-order valence-corrected chi connectivity index (χ0v) is 12.0. The SMILES string of the molecule is CCCn1cc(CNCC(C)C(C)(C)C)cn1. The molecule has 0 aliphatic carbocycles. The van der Waals surface area contributed by atoms with E-state index in [-0.39, 0.29) is 0 Å². The molecule has 1 rings (SSSR count). The lowest BCUT2D eigenvalue weighted by molar-refractivity contribution is 0.252. The van der Waals surface area contributed by atoms with Gasteiger partial charge in [0.1, 0.15) is 0 Å². The number of aromatic nitrogens is 2. The molecule has 0 amide bonds. The lowest BCUT2D eigenvalue weighted by Crippen LogP contribution is -2.29. The zero-order valence-electron chi connectivity index (χ0n) is 12.0. The first-order chi connectivity index (χ1) is 7.93. The number of rotatable bonds is 6. The number of hydrogen-bond acceptors (Lipinski definition) is 2. The van der Waals surface area contributed by atoms with Gasteiger partial charge in [0.05, 0.1) is 6.20 Å². The van der Waals surface area contributed by atoms with Crippen LogP contribution in [0.3, 0.4) is 0 Å². The molecule has 1 aromatic rings. The van der Waals surface area contributed by atoms with Crippen LogP contribution in [0.1, 0.15) is 46.6 Å². The van der Waals surface area contributed by atoms with E-state index in [1.807, 2.05) is 10.9 Å². The van der Waals surface area contributed by atoms with Gasteiger partial charge in [0.25, 0.3) is 0 Å². The Morgan fingerprint density at radius 2 is 2.12 bits per heavy atom. The molecule has 1 unspecified atom stereocenters. The fourth-order valence-electron chi connectivity index (χ4n) is 1.59. The zero-order chi connectivity index (χ0) is 12.9. The molecule has 0 aliphatic heterocycles. The van der Waals surface area contributed by atoms with Crippen LogP contribution in [0.5, 0.6) is 0 Å². The number of aryl methyl sites for hydroxylation is 1. The molecule has 1 atom stereocenters. The molecule has 0 saturated heterocycles. The first kappa shape index (κ1) is 14.2. The van der Waals surface area contributed by atoms with E-state index < -0.39 is 0 Å². The molecule has 0 radical (unpaired) electrons. The van der Waals surface area contributed by atoms with E-state index in [0.29, 0.717) is 11.3 Å². The summed E-state index contributed by atoms with van der Waals surface area (Å²) < 4.78 is 2.02. The van der Waals surface area contributed by atoms with Crippen LogP contribution in [0, 0.1) is 11.3 Å². The third-order valence-corrected chi connectivity index (χ3v) is 3.40. The largest absolute Gasteiger partial charge is 0.312 e. The quantitative estimate of drug-likeness (QED) is 0.824. The highest BCUT2D eigenvalue weighted by Crippen LogP contribution is 2.24. The van der Waals surface area contributed by atoms with Gasteiger partial charge < -0.3 is 5.32 Å². The summed E-state index contributed by atoms with van der Waals surface area (Å²) in [5, 5.41) is 7.84.